The summed E-state index contributed by atoms with van der Waals surface area (Å²) in [5.74, 6) is 2.62. The highest BCUT2D eigenvalue weighted by molar-refractivity contribution is 5.01. The topological polar surface area (TPSA) is 21.3 Å². The van der Waals surface area contributed by atoms with Crippen LogP contribution in [0.2, 0.25) is 0 Å². The first-order chi connectivity index (χ1) is 9.70. The zero-order chi connectivity index (χ0) is 14.0. The molecule has 0 spiro atoms. The van der Waals surface area contributed by atoms with E-state index in [0.29, 0.717) is 11.5 Å². The average molecular weight is 279 g/mol. The fourth-order valence-electron chi connectivity index (χ4n) is 4.62. The van der Waals surface area contributed by atoms with Crippen molar-refractivity contribution in [3.05, 3.63) is 0 Å². The minimum Gasteiger partial charge on any atom is -0.377 e. The van der Waals surface area contributed by atoms with Crippen LogP contribution in [0.25, 0.3) is 0 Å². The first kappa shape index (κ1) is 14.8. The van der Waals surface area contributed by atoms with Gasteiger partial charge in [0.2, 0.25) is 0 Å². The van der Waals surface area contributed by atoms with Gasteiger partial charge in [0.25, 0.3) is 0 Å². The zero-order valence-corrected chi connectivity index (χ0v) is 13.5. The van der Waals surface area contributed by atoms with Crippen molar-refractivity contribution in [1.82, 2.24) is 5.32 Å². The molecule has 3 aliphatic rings. The van der Waals surface area contributed by atoms with Gasteiger partial charge in [-0.15, -0.1) is 0 Å². The molecule has 2 heteroatoms. The molecule has 2 saturated carbocycles. The quantitative estimate of drug-likeness (QED) is 0.760. The first-order valence-electron chi connectivity index (χ1n) is 9.02. The Bertz CT molecular complexity index is 307. The Labute approximate surface area is 125 Å². The molecule has 1 heterocycles. The van der Waals surface area contributed by atoms with Gasteiger partial charge in [-0.25, -0.2) is 0 Å². The third-order valence-electron chi connectivity index (χ3n) is 5.75. The average Bonchev–Trinajstić information content (AvgIpc) is 2.96. The molecule has 2 unspecified atom stereocenters. The largest absolute Gasteiger partial charge is 0.377 e. The Hall–Kier alpha value is -0.0800. The molecule has 3 fully saturated rings. The smallest absolute Gasteiger partial charge is 0.0672 e. The second-order valence-electron chi connectivity index (χ2n) is 8.12. The zero-order valence-electron chi connectivity index (χ0n) is 13.5. The van der Waals surface area contributed by atoms with Crippen molar-refractivity contribution in [3.63, 3.8) is 0 Å². The molecular formula is C18H33NO. The summed E-state index contributed by atoms with van der Waals surface area (Å²) in [5.41, 5.74) is 0.463. The van der Waals surface area contributed by atoms with Gasteiger partial charge in [-0.2, -0.15) is 0 Å². The van der Waals surface area contributed by atoms with E-state index in [4.69, 9.17) is 4.74 Å². The van der Waals surface area contributed by atoms with E-state index in [9.17, 15) is 0 Å². The van der Waals surface area contributed by atoms with Gasteiger partial charge in [-0.1, -0.05) is 39.5 Å². The lowest BCUT2D eigenvalue weighted by Crippen LogP contribution is -2.44. The summed E-state index contributed by atoms with van der Waals surface area (Å²) in [5, 5.41) is 3.77. The monoisotopic (exact) mass is 279 g/mol. The van der Waals surface area contributed by atoms with Crippen LogP contribution in [0, 0.1) is 23.2 Å². The number of hydrogen-bond donors (Lipinski definition) is 1. The maximum Gasteiger partial charge on any atom is 0.0672 e. The van der Waals surface area contributed by atoms with Crippen LogP contribution in [-0.2, 0) is 4.74 Å². The van der Waals surface area contributed by atoms with Crippen LogP contribution in [0.1, 0.15) is 65.2 Å². The van der Waals surface area contributed by atoms with E-state index < -0.39 is 0 Å². The Morgan fingerprint density at radius 1 is 1.15 bits per heavy atom. The second kappa shape index (κ2) is 6.36. The van der Waals surface area contributed by atoms with Gasteiger partial charge >= 0.3 is 0 Å². The Morgan fingerprint density at radius 3 is 2.55 bits per heavy atom. The third kappa shape index (κ3) is 3.39. The van der Waals surface area contributed by atoms with Gasteiger partial charge in [-0.05, 0) is 50.0 Å². The summed E-state index contributed by atoms with van der Waals surface area (Å²) in [7, 11) is 0. The normalized spacial score (nSPS) is 35.2. The van der Waals surface area contributed by atoms with Crippen LogP contribution < -0.4 is 5.32 Å². The minimum atomic E-state index is 0.463. The molecule has 1 saturated heterocycles. The Balaban J connectivity index is 1.64. The van der Waals surface area contributed by atoms with Gasteiger partial charge < -0.3 is 10.1 Å². The standard InChI is InChI=1S/C18H33NO/c1-14(2)12-19-13-18(11-15-5-3-4-6-15)9-10-20-17(18)16-7-8-16/h14-17,19H,3-13H2,1-2H3. The molecule has 3 rings (SSSR count). The van der Waals surface area contributed by atoms with Crippen LogP contribution in [0.4, 0.5) is 0 Å². The predicted octanol–water partition coefficient (Wildman–Crippen LogP) is 4.00. The SMILES string of the molecule is CC(C)CNCC1(CC2CCCC2)CCOC1C1CC1. The molecule has 1 aliphatic heterocycles. The molecule has 2 atom stereocenters. The summed E-state index contributed by atoms with van der Waals surface area (Å²) in [4.78, 5) is 0. The van der Waals surface area contributed by atoms with Crippen molar-refractivity contribution < 1.29 is 4.74 Å². The van der Waals surface area contributed by atoms with E-state index in [-0.39, 0.29) is 0 Å². The van der Waals surface area contributed by atoms with Crippen molar-refractivity contribution >= 4 is 0 Å². The highest BCUT2D eigenvalue weighted by Crippen LogP contribution is 2.52. The molecule has 20 heavy (non-hydrogen) atoms. The molecular weight excluding hydrogens is 246 g/mol. The number of ether oxygens (including phenoxy) is 1. The molecule has 0 amide bonds. The summed E-state index contributed by atoms with van der Waals surface area (Å²) in [6.45, 7) is 7.98. The molecule has 2 nitrogen and oxygen atoms in total. The van der Waals surface area contributed by atoms with E-state index in [1.807, 2.05) is 0 Å². The van der Waals surface area contributed by atoms with Gasteiger partial charge in [0, 0.05) is 18.6 Å². The van der Waals surface area contributed by atoms with Crippen LogP contribution in [-0.4, -0.2) is 25.8 Å². The maximum atomic E-state index is 6.22. The molecule has 0 radical (unpaired) electrons. The van der Waals surface area contributed by atoms with Crippen molar-refractivity contribution in [2.75, 3.05) is 19.7 Å². The van der Waals surface area contributed by atoms with E-state index in [2.05, 4.69) is 19.2 Å². The van der Waals surface area contributed by atoms with E-state index in [1.165, 1.54) is 57.9 Å². The molecule has 116 valence electrons. The van der Waals surface area contributed by atoms with Crippen molar-refractivity contribution in [2.45, 2.75) is 71.3 Å². The summed E-state index contributed by atoms with van der Waals surface area (Å²) >= 11 is 0. The number of hydrogen-bond acceptors (Lipinski definition) is 2. The second-order valence-corrected chi connectivity index (χ2v) is 8.12. The molecule has 2 aliphatic carbocycles. The van der Waals surface area contributed by atoms with E-state index in [1.54, 1.807) is 0 Å². The highest BCUT2D eigenvalue weighted by Gasteiger charge is 2.51. The van der Waals surface area contributed by atoms with E-state index >= 15 is 0 Å². The summed E-state index contributed by atoms with van der Waals surface area (Å²) in [6.07, 6.45) is 12.0. The molecule has 0 bridgehead atoms. The van der Waals surface area contributed by atoms with Crippen molar-refractivity contribution in [1.29, 1.82) is 0 Å². The van der Waals surface area contributed by atoms with Gasteiger partial charge in [0.1, 0.15) is 0 Å². The third-order valence-corrected chi connectivity index (χ3v) is 5.75. The maximum absolute atomic E-state index is 6.22. The Kier molecular flexibility index (Phi) is 4.72. The first-order valence-corrected chi connectivity index (χ1v) is 9.02. The number of rotatable bonds is 7. The lowest BCUT2D eigenvalue weighted by molar-refractivity contribution is 0.0186. The fraction of sp³-hybridized carbons (Fsp3) is 1.00. The van der Waals surface area contributed by atoms with Crippen molar-refractivity contribution in [3.8, 4) is 0 Å². The number of nitrogens with one attached hydrogen (secondary N) is 1. The van der Waals surface area contributed by atoms with Crippen LogP contribution >= 0.6 is 0 Å². The van der Waals surface area contributed by atoms with Gasteiger partial charge in [0.05, 0.1) is 6.10 Å². The molecule has 1 N–H and O–H groups in total. The summed E-state index contributed by atoms with van der Waals surface area (Å²) in [6, 6.07) is 0. The lowest BCUT2D eigenvalue weighted by atomic mass is 9.72. The molecule has 0 aromatic heterocycles. The van der Waals surface area contributed by atoms with Gasteiger partial charge in [-0.3, -0.25) is 0 Å². The van der Waals surface area contributed by atoms with Crippen LogP contribution in [0.15, 0.2) is 0 Å². The van der Waals surface area contributed by atoms with Crippen LogP contribution in [0.3, 0.4) is 0 Å². The lowest BCUT2D eigenvalue weighted by Gasteiger charge is -2.37. The minimum absolute atomic E-state index is 0.463. The highest BCUT2D eigenvalue weighted by atomic mass is 16.5. The van der Waals surface area contributed by atoms with Crippen molar-refractivity contribution in [2.24, 2.45) is 23.2 Å². The Morgan fingerprint density at radius 2 is 1.90 bits per heavy atom. The molecule has 0 aromatic rings. The molecule has 0 aromatic carbocycles. The predicted molar refractivity (Wildman–Crippen MR) is 83.8 cm³/mol. The van der Waals surface area contributed by atoms with Crippen LogP contribution in [0.5, 0.6) is 0 Å². The van der Waals surface area contributed by atoms with Gasteiger partial charge in [0.15, 0.2) is 0 Å². The fourth-order valence-corrected chi connectivity index (χ4v) is 4.62. The summed E-state index contributed by atoms with van der Waals surface area (Å²) < 4.78 is 6.22. The van der Waals surface area contributed by atoms with E-state index in [0.717, 1.165) is 30.9 Å².